The maximum atomic E-state index is 12.3. The molecule has 0 bridgehead atoms. The second-order valence-electron chi connectivity index (χ2n) is 6.65. The molecule has 1 aliphatic rings. The minimum Gasteiger partial charge on any atom is -0.339 e. The van der Waals surface area contributed by atoms with E-state index in [1.807, 2.05) is 4.90 Å². The first-order valence-electron chi connectivity index (χ1n) is 9.03. The minimum atomic E-state index is -3.56. The summed E-state index contributed by atoms with van der Waals surface area (Å²) in [5, 5.41) is 3.11. The lowest BCUT2D eigenvalue weighted by molar-refractivity contribution is -0.115. The van der Waals surface area contributed by atoms with Gasteiger partial charge in [0, 0.05) is 35.8 Å². The number of carbonyl (C=O) groups excluding carboxylic acids is 2. The molecule has 0 aliphatic carbocycles. The average molecular weight is 421 g/mol. The first-order valence-corrected chi connectivity index (χ1v) is 11.1. The summed E-state index contributed by atoms with van der Waals surface area (Å²) < 4.78 is 24.6. The molecule has 1 saturated heterocycles. The standard InChI is InChI=1S/C20H21ClN2O4S/c21-16-5-9-18(10-6-16)28(26,27)14-11-19(24)22-17-7-3-15(4-8-17)20(25)23-12-1-2-13-23/h3-10H,1-2,11-14H2,(H,22,24). The Morgan fingerprint density at radius 3 is 2.18 bits per heavy atom. The smallest absolute Gasteiger partial charge is 0.253 e. The Bertz CT molecular complexity index is 951. The van der Waals surface area contributed by atoms with Gasteiger partial charge in [-0.1, -0.05) is 11.6 Å². The fourth-order valence-corrected chi connectivity index (χ4v) is 4.38. The molecule has 1 N–H and O–H groups in total. The van der Waals surface area contributed by atoms with E-state index in [0.717, 1.165) is 25.9 Å². The third-order valence-corrected chi connectivity index (χ3v) is 6.56. The Hall–Kier alpha value is -2.38. The van der Waals surface area contributed by atoms with Gasteiger partial charge >= 0.3 is 0 Å². The summed E-state index contributed by atoms with van der Waals surface area (Å²) in [4.78, 5) is 26.4. The quantitative estimate of drug-likeness (QED) is 0.776. The molecular formula is C20H21ClN2O4S. The fraction of sp³-hybridized carbons (Fsp3) is 0.300. The summed E-state index contributed by atoms with van der Waals surface area (Å²) in [7, 11) is -3.56. The molecule has 148 valence electrons. The van der Waals surface area contributed by atoms with Gasteiger partial charge in [-0.3, -0.25) is 9.59 Å². The SMILES string of the molecule is O=C(CCS(=O)(=O)c1ccc(Cl)cc1)Nc1ccc(C(=O)N2CCCC2)cc1. The first-order chi connectivity index (χ1) is 13.3. The number of anilines is 1. The van der Waals surface area contributed by atoms with Crippen molar-refractivity contribution in [3.8, 4) is 0 Å². The van der Waals surface area contributed by atoms with Gasteiger partial charge in [-0.25, -0.2) is 8.42 Å². The largest absolute Gasteiger partial charge is 0.339 e. The van der Waals surface area contributed by atoms with Gasteiger partial charge < -0.3 is 10.2 Å². The van der Waals surface area contributed by atoms with Crippen LogP contribution in [-0.4, -0.2) is 44.0 Å². The summed E-state index contributed by atoms with van der Waals surface area (Å²) in [6.45, 7) is 1.55. The Balaban J connectivity index is 1.54. The van der Waals surface area contributed by atoms with Crippen LogP contribution in [0.15, 0.2) is 53.4 Å². The van der Waals surface area contributed by atoms with Gasteiger partial charge in [-0.15, -0.1) is 0 Å². The van der Waals surface area contributed by atoms with Crippen LogP contribution in [0.5, 0.6) is 0 Å². The highest BCUT2D eigenvalue weighted by molar-refractivity contribution is 7.91. The highest BCUT2D eigenvalue weighted by Crippen LogP contribution is 2.18. The maximum absolute atomic E-state index is 12.3. The Kier molecular flexibility index (Phi) is 6.36. The van der Waals surface area contributed by atoms with Crippen LogP contribution in [0.25, 0.3) is 0 Å². The van der Waals surface area contributed by atoms with Gasteiger partial charge in [-0.2, -0.15) is 0 Å². The van der Waals surface area contributed by atoms with E-state index in [0.29, 0.717) is 16.3 Å². The van der Waals surface area contributed by atoms with Crippen molar-refractivity contribution in [1.29, 1.82) is 0 Å². The molecule has 2 aromatic rings. The van der Waals surface area contributed by atoms with Crippen LogP contribution in [0.2, 0.25) is 5.02 Å². The number of hydrogen-bond acceptors (Lipinski definition) is 4. The van der Waals surface area contributed by atoms with Crippen LogP contribution < -0.4 is 5.32 Å². The van der Waals surface area contributed by atoms with Crippen LogP contribution >= 0.6 is 11.6 Å². The van der Waals surface area contributed by atoms with E-state index in [1.165, 1.54) is 24.3 Å². The molecule has 0 aromatic heterocycles. The molecule has 1 heterocycles. The van der Waals surface area contributed by atoms with E-state index in [2.05, 4.69) is 5.32 Å². The number of rotatable bonds is 6. The van der Waals surface area contributed by atoms with Crippen molar-refractivity contribution in [2.45, 2.75) is 24.2 Å². The number of amides is 2. The van der Waals surface area contributed by atoms with Gasteiger partial charge in [0.25, 0.3) is 5.91 Å². The Morgan fingerprint density at radius 1 is 0.964 bits per heavy atom. The zero-order valence-corrected chi connectivity index (χ0v) is 16.8. The van der Waals surface area contributed by atoms with E-state index in [4.69, 9.17) is 11.6 Å². The van der Waals surface area contributed by atoms with Crippen LogP contribution in [0, 0.1) is 0 Å². The number of nitrogens with zero attached hydrogens (tertiary/aromatic N) is 1. The maximum Gasteiger partial charge on any atom is 0.253 e. The van der Waals surface area contributed by atoms with E-state index >= 15 is 0 Å². The summed E-state index contributed by atoms with van der Waals surface area (Å²) in [6.07, 6.45) is 1.89. The van der Waals surface area contributed by atoms with E-state index in [-0.39, 0.29) is 23.0 Å². The summed E-state index contributed by atoms with van der Waals surface area (Å²) in [6, 6.07) is 12.5. The van der Waals surface area contributed by atoms with E-state index < -0.39 is 15.7 Å². The predicted molar refractivity (Wildman–Crippen MR) is 108 cm³/mol. The number of hydrogen-bond donors (Lipinski definition) is 1. The monoisotopic (exact) mass is 420 g/mol. The van der Waals surface area contributed by atoms with Crippen molar-refractivity contribution in [2.24, 2.45) is 0 Å². The third-order valence-electron chi connectivity index (χ3n) is 4.58. The highest BCUT2D eigenvalue weighted by Gasteiger charge is 2.20. The topological polar surface area (TPSA) is 83.5 Å². The lowest BCUT2D eigenvalue weighted by atomic mass is 10.2. The lowest BCUT2D eigenvalue weighted by Gasteiger charge is -2.15. The van der Waals surface area contributed by atoms with Crippen molar-refractivity contribution in [3.05, 3.63) is 59.1 Å². The van der Waals surface area contributed by atoms with Gasteiger partial charge in [0.15, 0.2) is 9.84 Å². The Labute approximate surface area is 169 Å². The van der Waals surface area contributed by atoms with Gasteiger partial charge in [-0.05, 0) is 61.4 Å². The molecule has 0 saturated carbocycles. The van der Waals surface area contributed by atoms with Crippen molar-refractivity contribution < 1.29 is 18.0 Å². The van der Waals surface area contributed by atoms with Crippen molar-refractivity contribution >= 4 is 38.9 Å². The van der Waals surface area contributed by atoms with Gasteiger partial charge in [0.2, 0.25) is 5.91 Å². The summed E-state index contributed by atoms with van der Waals surface area (Å²) in [5.41, 5.74) is 1.09. The number of carbonyl (C=O) groups is 2. The molecule has 1 fully saturated rings. The molecule has 0 radical (unpaired) electrons. The summed E-state index contributed by atoms with van der Waals surface area (Å²) >= 11 is 5.76. The molecule has 0 unspecified atom stereocenters. The molecule has 2 amide bonds. The van der Waals surface area contributed by atoms with Crippen molar-refractivity contribution in [3.63, 3.8) is 0 Å². The molecule has 2 aromatic carbocycles. The molecule has 1 aliphatic heterocycles. The fourth-order valence-electron chi connectivity index (χ4n) is 3.01. The van der Waals surface area contributed by atoms with Crippen LogP contribution in [-0.2, 0) is 14.6 Å². The number of benzene rings is 2. The number of likely N-dealkylation sites (tertiary alicyclic amines) is 1. The molecule has 8 heteroatoms. The minimum absolute atomic E-state index is 0.00978. The molecule has 6 nitrogen and oxygen atoms in total. The zero-order valence-electron chi connectivity index (χ0n) is 15.2. The predicted octanol–water partition coefficient (Wildman–Crippen LogP) is 3.38. The second-order valence-corrected chi connectivity index (χ2v) is 9.19. The number of halogens is 1. The average Bonchev–Trinajstić information content (AvgIpc) is 3.22. The van der Waals surface area contributed by atoms with E-state index in [1.54, 1.807) is 24.3 Å². The first kappa shape index (κ1) is 20.4. The van der Waals surface area contributed by atoms with Crippen LogP contribution in [0.4, 0.5) is 5.69 Å². The van der Waals surface area contributed by atoms with Crippen LogP contribution in [0.3, 0.4) is 0 Å². The van der Waals surface area contributed by atoms with Crippen LogP contribution in [0.1, 0.15) is 29.6 Å². The van der Waals surface area contributed by atoms with Crippen molar-refractivity contribution in [2.75, 3.05) is 24.2 Å². The van der Waals surface area contributed by atoms with Crippen molar-refractivity contribution in [1.82, 2.24) is 4.90 Å². The number of sulfone groups is 1. The second kappa shape index (κ2) is 8.75. The molecule has 28 heavy (non-hydrogen) atoms. The third kappa shape index (κ3) is 5.11. The molecule has 0 atom stereocenters. The lowest BCUT2D eigenvalue weighted by Crippen LogP contribution is -2.27. The van der Waals surface area contributed by atoms with Gasteiger partial charge in [0.1, 0.15) is 0 Å². The molecule has 0 spiro atoms. The molecule has 3 rings (SSSR count). The zero-order chi connectivity index (χ0) is 20.1. The Morgan fingerprint density at radius 2 is 1.57 bits per heavy atom. The normalized spacial score (nSPS) is 14.1. The van der Waals surface area contributed by atoms with Gasteiger partial charge in [0.05, 0.1) is 10.6 Å². The van der Waals surface area contributed by atoms with E-state index in [9.17, 15) is 18.0 Å². The highest BCUT2D eigenvalue weighted by atomic mass is 35.5. The molecular weight excluding hydrogens is 400 g/mol. The summed E-state index contributed by atoms with van der Waals surface area (Å²) in [5.74, 6) is -0.716. The number of nitrogens with one attached hydrogen (secondary N) is 1.